The summed E-state index contributed by atoms with van der Waals surface area (Å²) in [6.07, 6.45) is 5.57. The maximum atomic E-state index is 4.14. The van der Waals surface area contributed by atoms with Gasteiger partial charge in [0.25, 0.3) is 0 Å². The van der Waals surface area contributed by atoms with Crippen LogP contribution in [0.4, 0.5) is 0 Å². The first kappa shape index (κ1) is 4.42. The van der Waals surface area contributed by atoms with E-state index < -0.39 is 0 Å². The minimum absolute atomic E-state index is 0.211. The predicted molar refractivity (Wildman–Crippen MR) is 33.0 cm³/mol. The summed E-state index contributed by atoms with van der Waals surface area (Å²) in [5, 5.41) is 8.28. The molecule has 2 atom stereocenters. The van der Waals surface area contributed by atoms with E-state index in [0.717, 1.165) is 11.8 Å². The molecule has 0 N–H and O–H groups in total. The Bertz CT molecular complexity index is 179. The highest BCUT2D eigenvalue weighted by molar-refractivity contribution is 5.09. The van der Waals surface area contributed by atoms with Crippen LogP contribution in [0.2, 0.25) is 0 Å². The van der Waals surface area contributed by atoms with Crippen LogP contribution in [-0.4, -0.2) is 5.66 Å². The lowest BCUT2D eigenvalue weighted by Crippen LogP contribution is -2.19. The van der Waals surface area contributed by atoms with Crippen molar-refractivity contribution < 1.29 is 0 Å². The summed E-state index contributed by atoms with van der Waals surface area (Å²) in [4.78, 5) is 0. The van der Waals surface area contributed by atoms with Crippen molar-refractivity contribution in [2.45, 2.75) is 31.3 Å². The molecule has 3 aliphatic rings. The molecule has 2 saturated carbocycles. The Morgan fingerprint density at radius 2 is 2.11 bits per heavy atom. The third kappa shape index (κ3) is 0.394. The lowest BCUT2D eigenvalue weighted by Gasteiger charge is -2.14. The van der Waals surface area contributed by atoms with Crippen LogP contribution < -0.4 is 0 Å². The molecule has 48 valence electrons. The van der Waals surface area contributed by atoms with Gasteiger partial charge < -0.3 is 0 Å². The quantitative estimate of drug-likeness (QED) is 0.469. The second-order valence-corrected chi connectivity index (χ2v) is 3.66. The van der Waals surface area contributed by atoms with Crippen molar-refractivity contribution in [3.05, 3.63) is 0 Å². The SMILES string of the molecule is C1CC2CC1CC21N=N1. The Morgan fingerprint density at radius 3 is 2.44 bits per heavy atom. The molecule has 2 aliphatic carbocycles. The Morgan fingerprint density at radius 1 is 1.22 bits per heavy atom. The molecule has 0 aromatic carbocycles. The van der Waals surface area contributed by atoms with E-state index in [-0.39, 0.29) is 5.66 Å². The lowest BCUT2D eigenvalue weighted by atomic mass is 9.92. The van der Waals surface area contributed by atoms with E-state index in [4.69, 9.17) is 0 Å². The highest BCUT2D eigenvalue weighted by Crippen LogP contribution is 2.58. The van der Waals surface area contributed by atoms with E-state index in [1.54, 1.807) is 0 Å². The molecule has 0 radical (unpaired) electrons. The first-order chi connectivity index (χ1) is 4.39. The molecule has 9 heavy (non-hydrogen) atoms. The van der Waals surface area contributed by atoms with Gasteiger partial charge in [-0.15, -0.1) is 0 Å². The first-order valence-electron chi connectivity index (χ1n) is 3.83. The van der Waals surface area contributed by atoms with E-state index >= 15 is 0 Å². The van der Waals surface area contributed by atoms with E-state index in [9.17, 15) is 0 Å². The maximum absolute atomic E-state index is 4.14. The fraction of sp³-hybridized carbons (Fsp3) is 1.00. The van der Waals surface area contributed by atoms with Crippen LogP contribution >= 0.6 is 0 Å². The molecule has 3 rings (SSSR count). The van der Waals surface area contributed by atoms with Gasteiger partial charge >= 0.3 is 0 Å². The molecule has 0 saturated heterocycles. The van der Waals surface area contributed by atoms with E-state index in [2.05, 4.69) is 10.2 Å². The summed E-state index contributed by atoms with van der Waals surface area (Å²) in [5.74, 6) is 1.85. The molecule has 1 spiro atoms. The van der Waals surface area contributed by atoms with Crippen molar-refractivity contribution in [2.75, 3.05) is 0 Å². The molecular formula is C7H10N2. The highest BCUT2D eigenvalue weighted by Gasteiger charge is 2.57. The van der Waals surface area contributed by atoms with Crippen LogP contribution in [0.25, 0.3) is 0 Å². The fourth-order valence-corrected chi connectivity index (χ4v) is 2.58. The van der Waals surface area contributed by atoms with Crippen LogP contribution in [0.3, 0.4) is 0 Å². The van der Waals surface area contributed by atoms with Gasteiger partial charge in [0, 0.05) is 5.92 Å². The summed E-state index contributed by atoms with van der Waals surface area (Å²) in [6, 6.07) is 0. The molecular weight excluding hydrogens is 112 g/mol. The number of hydrogen-bond donors (Lipinski definition) is 0. The monoisotopic (exact) mass is 122 g/mol. The van der Waals surface area contributed by atoms with Gasteiger partial charge in [0.15, 0.2) is 5.66 Å². The number of hydrogen-bond acceptors (Lipinski definition) is 2. The van der Waals surface area contributed by atoms with Crippen molar-refractivity contribution in [2.24, 2.45) is 22.1 Å². The normalized spacial score (nSPS) is 48.9. The van der Waals surface area contributed by atoms with Crippen molar-refractivity contribution in [3.63, 3.8) is 0 Å². The van der Waals surface area contributed by atoms with Crippen molar-refractivity contribution in [3.8, 4) is 0 Å². The molecule has 2 unspecified atom stereocenters. The largest absolute Gasteiger partial charge is 0.194 e. The van der Waals surface area contributed by atoms with Gasteiger partial charge in [-0.3, -0.25) is 0 Å². The van der Waals surface area contributed by atoms with Gasteiger partial charge in [0.05, 0.1) is 0 Å². The number of nitrogens with zero attached hydrogens (tertiary/aromatic N) is 2. The molecule has 1 heterocycles. The standard InChI is InChI=1S/C7H10N2/c1-2-6-3-5(1)4-7(6)8-9-7/h5-6H,1-4H2. The molecule has 0 amide bonds. The molecule has 0 aromatic heterocycles. The predicted octanol–water partition coefficient (Wildman–Crippen LogP) is 1.97. The summed E-state index contributed by atoms with van der Waals surface area (Å²) in [7, 11) is 0. The minimum Gasteiger partial charge on any atom is -0.159 e. The third-order valence-electron chi connectivity index (χ3n) is 3.14. The zero-order valence-corrected chi connectivity index (χ0v) is 5.38. The van der Waals surface area contributed by atoms with Crippen LogP contribution in [0, 0.1) is 11.8 Å². The molecule has 2 bridgehead atoms. The molecule has 2 nitrogen and oxygen atoms in total. The van der Waals surface area contributed by atoms with E-state index in [1.807, 2.05) is 0 Å². The van der Waals surface area contributed by atoms with Crippen molar-refractivity contribution in [1.82, 2.24) is 0 Å². The summed E-state index contributed by atoms with van der Waals surface area (Å²) in [6.45, 7) is 0. The second-order valence-electron chi connectivity index (χ2n) is 3.66. The fourth-order valence-electron chi connectivity index (χ4n) is 2.58. The van der Waals surface area contributed by atoms with Gasteiger partial charge in [0.1, 0.15) is 0 Å². The Balaban J connectivity index is 1.96. The van der Waals surface area contributed by atoms with Gasteiger partial charge in [0.2, 0.25) is 0 Å². The Hall–Kier alpha value is -0.400. The smallest absolute Gasteiger partial charge is 0.159 e. The van der Waals surface area contributed by atoms with Crippen molar-refractivity contribution in [1.29, 1.82) is 0 Å². The van der Waals surface area contributed by atoms with Gasteiger partial charge in [-0.05, 0) is 31.6 Å². The zero-order chi connectivity index (χ0) is 5.90. The average molecular weight is 122 g/mol. The number of fused-ring (bicyclic) bond motifs is 3. The number of rotatable bonds is 0. The topological polar surface area (TPSA) is 24.7 Å². The third-order valence-corrected chi connectivity index (χ3v) is 3.14. The Kier molecular flexibility index (Phi) is 0.525. The second kappa shape index (κ2) is 1.07. The van der Waals surface area contributed by atoms with Crippen LogP contribution in [0.1, 0.15) is 25.7 Å². The van der Waals surface area contributed by atoms with Crippen LogP contribution in [-0.2, 0) is 0 Å². The summed E-state index contributed by atoms with van der Waals surface area (Å²) < 4.78 is 0. The molecule has 2 fully saturated rings. The Labute approximate surface area is 54.4 Å². The minimum atomic E-state index is 0.211. The molecule has 2 heteroatoms. The van der Waals surface area contributed by atoms with Gasteiger partial charge in [-0.1, -0.05) is 0 Å². The molecule has 1 aliphatic heterocycles. The lowest BCUT2D eigenvalue weighted by molar-refractivity contribution is 0.372. The van der Waals surface area contributed by atoms with E-state index in [0.29, 0.717) is 0 Å². The molecule has 0 aromatic rings. The van der Waals surface area contributed by atoms with Crippen molar-refractivity contribution >= 4 is 0 Å². The van der Waals surface area contributed by atoms with Crippen LogP contribution in [0.5, 0.6) is 0 Å². The van der Waals surface area contributed by atoms with Gasteiger partial charge in [-0.2, -0.15) is 10.2 Å². The highest BCUT2D eigenvalue weighted by atomic mass is 15.5. The summed E-state index contributed by atoms with van der Waals surface area (Å²) >= 11 is 0. The average Bonchev–Trinajstić information content (AvgIpc) is 2.40. The first-order valence-corrected chi connectivity index (χ1v) is 3.83. The van der Waals surface area contributed by atoms with Gasteiger partial charge in [-0.25, -0.2) is 0 Å². The van der Waals surface area contributed by atoms with Crippen LogP contribution in [0.15, 0.2) is 10.2 Å². The zero-order valence-electron chi connectivity index (χ0n) is 5.38. The van der Waals surface area contributed by atoms with E-state index in [1.165, 1.54) is 25.7 Å². The summed E-state index contributed by atoms with van der Waals surface area (Å²) in [5.41, 5.74) is 0.211. The maximum Gasteiger partial charge on any atom is 0.194 e.